The molecule has 1 aromatic rings. The zero-order valence-electron chi connectivity index (χ0n) is 10.7. The molecular formula is C13H15F3N2O2. The smallest absolute Gasteiger partial charge is 0.416 e. The van der Waals surface area contributed by atoms with Crippen molar-refractivity contribution in [3.63, 3.8) is 0 Å². The first-order valence-electron chi connectivity index (χ1n) is 6.24. The number of alkyl halides is 3. The standard InChI is InChI=1S/C13H15F3N2O2/c14-13(15,16)10-3-1-2-9(8-10)11-4-6-18(7-5-17)12(19)20-11/h1-3,8,11H,4-7,17H2. The first-order valence-corrected chi connectivity index (χ1v) is 6.24. The summed E-state index contributed by atoms with van der Waals surface area (Å²) in [6.07, 6.45) is -5.13. The Bertz CT molecular complexity index is 491. The summed E-state index contributed by atoms with van der Waals surface area (Å²) in [5.41, 5.74) is 4.98. The van der Waals surface area contributed by atoms with Gasteiger partial charge in [-0.25, -0.2) is 4.79 Å². The van der Waals surface area contributed by atoms with Gasteiger partial charge < -0.3 is 15.4 Å². The summed E-state index contributed by atoms with van der Waals surface area (Å²) in [6.45, 7) is 1.13. The van der Waals surface area contributed by atoms with Gasteiger partial charge >= 0.3 is 12.3 Å². The van der Waals surface area contributed by atoms with Crippen molar-refractivity contribution in [1.82, 2.24) is 4.90 Å². The van der Waals surface area contributed by atoms with Crippen LogP contribution in [0.25, 0.3) is 0 Å². The molecule has 1 heterocycles. The number of nitrogens with two attached hydrogens (primary N) is 1. The molecule has 0 aliphatic carbocycles. The second kappa shape index (κ2) is 5.70. The number of nitrogens with zero attached hydrogens (tertiary/aromatic N) is 1. The van der Waals surface area contributed by atoms with E-state index in [1.807, 2.05) is 0 Å². The Morgan fingerprint density at radius 3 is 2.75 bits per heavy atom. The van der Waals surface area contributed by atoms with Crippen LogP contribution in [-0.2, 0) is 10.9 Å². The van der Waals surface area contributed by atoms with E-state index in [0.29, 0.717) is 31.6 Å². The van der Waals surface area contributed by atoms with Crippen LogP contribution in [0.3, 0.4) is 0 Å². The van der Waals surface area contributed by atoms with Crippen LogP contribution in [0.15, 0.2) is 24.3 Å². The van der Waals surface area contributed by atoms with E-state index in [0.717, 1.165) is 12.1 Å². The van der Waals surface area contributed by atoms with Gasteiger partial charge in [0.25, 0.3) is 0 Å². The fraction of sp³-hybridized carbons (Fsp3) is 0.462. The van der Waals surface area contributed by atoms with Gasteiger partial charge in [0.2, 0.25) is 0 Å². The molecule has 4 nitrogen and oxygen atoms in total. The predicted molar refractivity (Wildman–Crippen MR) is 65.9 cm³/mol. The monoisotopic (exact) mass is 288 g/mol. The van der Waals surface area contributed by atoms with Crippen LogP contribution in [0.1, 0.15) is 23.7 Å². The first-order chi connectivity index (χ1) is 9.41. The molecule has 0 saturated carbocycles. The van der Waals surface area contributed by atoms with Crippen LogP contribution in [0.5, 0.6) is 0 Å². The van der Waals surface area contributed by atoms with Crippen LogP contribution in [-0.4, -0.2) is 30.6 Å². The molecule has 1 aromatic carbocycles. The Labute approximate surface area is 114 Å². The van der Waals surface area contributed by atoms with Gasteiger partial charge in [-0.2, -0.15) is 13.2 Å². The maximum absolute atomic E-state index is 12.6. The number of cyclic esters (lactones) is 1. The lowest BCUT2D eigenvalue weighted by atomic mass is 10.0. The molecule has 1 saturated heterocycles. The number of hydrogen-bond donors (Lipinski definition) is 1. The number of hydrogen-bond acceptors (Lipinski definition) is 3. The average Bonchev–Trinajstić information content (AvgIpc) is 2.40. The molecule has 2 rings (SSSR count). The topological polar surface area (TPSA) is 55.6 Å². The van der Waals surface area contributed by atoms with Gasteiger partial charge in [0.15, 0.2) is 0 Å². The molecule has 1 fully saturated rings. The largest absolute Gasteiger partial charge is 0.441 e. The molecule has 1 aliphatic heterocycles. The Morgan fingerprint density at radius 1 is 1.40 bits per heavy atom. The minimum Gasteiger partial charge on any atom is -0.441 e. The van der Waals surface area contributed by atoms with Gasteiger partial charge in [0.05, 0.1) is 5.56 Å². The van der Waals surface area contributed by atoms with E-state index in [9.17, 15) is 18.0 Å². The van der Waals surface area contributed by atoms with Crippen LogP contribution in [0, 0.1) is 0 Å². The van der Waals surface area contributed by atoms with E-state index in [1.54, 1.807) is 0 Å². The van der Waals surface area contributed by atoms with E-state index >= 15 is 0 Å². The highest BCUT2D eigenvalue weighted by molar-refractivity contribution is 5.68. The average molecular weight is 288 g/mol. The molecule has 1 aliphatic rings. The third kappa shape index (κ3) is 3.22. The summed E-state index contributed by atoms with van der Waals surface area (Å²) in [5.74, 6) is 0. The quantitative estimate of drug-likeness (QED) is 0.930. The normalized spacial score (nSPS) is 19.9. The summed E-state index contributed by atoms with van der Waals surface area (Å²) >= 11 is 0. The highest BCUT2D eigenvalue weighted by Gasteiger charge is 2.33. The summed E-state index contributed by atoms with van der Waals surface area (Å²) in [4.78, 5) is 13.1. The SMILES string of the molecule is NCCN1CCC(c2cccc(C(F)(F)F)c2)OC1=O. The number of ether oxygens (including phenoxy) is 1. The zero-order chi connectivity index (χ0) is 14.8. The molecule has 110 valence electrons. The first kappa shape index (κ1) is 14.6. The summed E-state index contributed by atoms with van der Waals surface area (Å²) in [7, 11) is 0. The summed E-state index contributed by atoms with van der Waals surface area (Å²) in [5, 5.41) is 0. The fourth-order valence-electron chi connectivity index (χ4n) is 2.13. The van der Waals surface area contributed by atoms with E-state index in [4.69, 9.17) is 10.5 Å². The van der Waals surface area contributed by atoms with Gasteiger partial charge in [-0.1, -0.05) is 12.1 Å². The van der Waals surface area contributed by atoms with Gasteiger partial charge in [-0.3, -0.25) is 0 Å². The van der Waals surface area contributed by atoms with E-state index < -0.39 is 23.9 Å². The second-order valence-electron chi connectivity index (χ2n) is 4.56. The predicted octanol–water partition coefficient (Wildman–Crippen LogP) is 2.55. The van der Waals surface area contributed by atoms with Crippen molar-refractivity contribution in [3.05, 3.63) is 35.4 Å². The number of amides is 1. The molecule has 20 heavy (non-hydrogen) atoms. The van der Waals surface area contributed by atoms with Crippen molar-refractivity contribution < 1.29 is 22.7 Å². The molecule has 7 heteroatoms. The molecule has 0 aromatic heterocycles. The van der Waals surface area contributed by atoms with Gasteiger partial charge in [-0.05, 0) is 17.7 Å². The zero-order valence-corrected chi connectivity index (χ0v) is 10.7. The fourth-order valence-corrected chi connectivity index (χ4v) is 2.13. The molecule has 1 atom stereocenters. The third-order valence-electron chi connectivity index (χ3n) is 3.15. The van der Waals surface area contributed by atoms with E-state index in [-0.39, 0.29) is 0 Å². The highest BCUT2D eigenvalue weighted by atomic mass is 19.4. The second-order valence-corrected chi connectivity index (χ2v) is 4.56. The molecule has 1 amide bonds. The van der Waals surface area contributed by atoms with Crippen LogP contribution < -0.4 is 5.73 Å². The lowest BCUT2D eigenvalue weighted by Crippen LogP contribution is -2.41. The summed E-state index contributed by atoms with van der Waals surface area (Å²) in [6, 6.07) is 4.87. The van der Waals surface area contributed by atoms with Gasteiger partial charge in [0, 0.05) is 26.1 Å². The van der Waals surface area contributed by atoms with Crippen molar-refractivity contribution in [2.24, 2.45) is 5.73 Å². The number of halogens is 3. The molecule has 0 radical (unpaired) electrons. The lowest BCUT2D eigenvalue weighted by Gasteiger charge is -2.31. The molecule has 0 bridgehead atoms. The van der Waals surface area contributed by atoms with Gasteiger partial charge in [-0.15, -0.1) is 0 Å². The van der Waals surface area contributed by atoms with Crippen molar-refractivity contribution in [1.29, 1.82) is 0 Å². The molecule has 0 spiro atoms. The van der Waals surface area contributed by atoms with Crippen LogP contribution in [0.4, 0.5) is 18.0 Å². The maximum atomic E-state index is 12.6. The number of carbonyl (C=O) groups excluding carboxylic acids is 1. The maximum Gasteiger partial charge on any atom is 0.416 e. The lowest BCUT2D eigenvalue weighted by molar-refractivity contribution is -0.137. The number of benzene rings is 1. The van der Waals surface area contributed by atoms with Crippen LogP contribution >= 0.6 is 0 Å². The number of rotatable bonds is 3. The molecule has 1 unspecified atom stereocenters. The van der Waals surface area contributed by atoms with E-state index in [2.05, 4.69) is 0 Å². The Balaban J connectivity index is 2.12. The van der Waals surface area contributed by atoms with Crippen LogP contribution in [0.2, 0.25) is 0 Å². The minimum absolute atomic E-state index is 0.323. The molecule has 2 N–H and O–H groups in total. The Morgan fingerprint density at radius 2 is 2.15 bits per heavy atom. The summed E-state index contributed by atoms with van der Waals surface area (Å²) < 4.78 is 43.1. The third-order valence-corrected chi connectivity index (χ3v) is 3.15. The van der Waals surface area contributed by atoms with Crippen molar-refractivity contribution in [2.75, 3.05) is 19.6 Å². The Hall–Kier alpha value is -1.76. The molecular weight excluding hydrogens is 273 g/mol. The van der Waals surface area contributed by atoms with Crippen molar-refractivity contribution in [3.8, 4) is 0 Å². The van der Waals surface area contributed by atoms with E-state index in [1.165, 1.54) is 17.0 Å². The Kier molecular flexibility index (Phi) is 4.17. The van der Waals surface area contributed by atoms with Crippen molar-refractivity contribution in [2.45, 2.75) is 18.7 Å². The number of carbonyl (C=O) groups is 1. The van der Waals surface area contributed by atoms with Gasteiger partial charge in [0.1, 0.15) is 6.10 Å². The minimum atomic E-state index is -4.40. The highest BCUT2D eigenvalue weighted by Crippen LogP contribution is 2.33. The van der Waals surface area contributed by atoms with Crippen molar-refractivity contribution >= 4 is 6.09 Å².